The fourth-order valence-corrected chi connectivity index (χ4v) is 2.14. The first kappa shape index (κ1) is 14.5. The van der Waals surface area contributed by atoms with Gasteiger partial charge >= 0.3 is 0 Å². The van der Waals surface area contributed by atoms with Crippen LogP contribution in [0.3, 0.4) is 0 Å². The molecule has 17 heavy (non-hydrogen) atoms. The zero-order chi connectivity index (χ0) is 12.7. The SMILES string of the molecule is COc1ccc(COC[C@@H](C)/C=C(\C)I)cc1. The van der Waals surface area contributed by atoms with Crippen molar-refractivity contribution in [2.45, 2.75) is 20.5 Å². The minimum Gasteiger partial charge on any atom is -0.497 e. The fraction of sp³-hybridized carbons (Fsp3) is 0.429. The van der Waals surface area contributed by atoms with E-state index in [1.54, 1.807) is 7.11 Å². The van der Waals surface area contributed by atoms with Crippen molar-refractivity contribution in [3.8, 4) is 5.75 Å². The van der Waals surface area contributed by atoms with Crippen molar-refractivity contribution in [2.24, 2.45) is 5.92 Å². The van der Waals surface area contributed by atoms with Crippen molar-refractivity contribution in [3.05, 3.63) is 39.5 Å². The summed E-state index contributed by atoms with van der Waals surface area (Å²) < 4.78 is 12.1. The molecule has 3 heteroatoms. The van der Waals surface area contributed by atoms with Crippen LogP contribution in [0.4, 0.5) is 0 Å². The summed E-state index contributed by atoms with van der Waals surface area (Å²) in [5.74, 6) is 1.34. The Morgan fingerprint density at radius 3 is 2.53 bits per heavy atom. The quantitative estimate of drug-likeness (QED) is 0.720. The Morgan fingerprint density at radius 1 is 1.35 bits per heavy atom. The highest BCUT2D eigenvalue weighted by Crippen LogP contribution is 2.13. The molecule has 0 saturated carbocycles. The first-order valence-electron chi connectivity index (χ1n) is 5.66. The minimum atomic E-state index is 0.463. The predicted molar refractivity (Wildman–Crippen MR) is 79.6 cm³/mol. The molecule has 94 valence electrons. The van der Waals surface area contributed by atoms with Crippen molar-refractivity contribution in [3.63, 3.8) is 0 Å². The maximum absolute atomic E-state index is 5.67. The summed E-state index contributed by atoms with van der Waals surface area (Å²) in [5, 5.41) is 0. The molecule has 0 aromatic heterocycles. The lowest BCUT2D eigenvalue weighted by Crippen LogP contribution is -2.03. The third kappa shape index (κ3) is 6.07. The highest BCUT2D eigenvalue weighted by Gasteiger charge is 1.99. The van der Waals surface area contributed by atoms with Crippen molar-refractivity contribution < 1.29 is 9.47 Å². The molecule has 0 aliphatic carbocycles. The molecular weight excluding hydrogens is 327 g/mol. The number of benzene rings is 1. The summed E-state index contributed by atoms with van der Waals surface area (Å²) in [7, 11) is 1.67. The Hall–Kier alpha value is -0.550. The largest absolute Gasteiger partial charge is 0.497 e. The van der Waals surface area contributed by atoms with E-state index >= 15 is 0 Å². The number of rotatable bonds is 6. The number of ether oxygens (including phenoxy) is 2. The third-order valence-corrected chi connectivity index (χ3v) is 2.68. The number of halogens is 1. The highest BCUT2D eigenvalue weighted by molar-refractivity contribution is 14.1. The molecule has 0 fully saturated rings. The van der Waals surface area contributed by atoms with Gasteiger partial charge < -0.3 is 9.47 Å². The van der Waals surface area contributed by atoms with Gasteiger partial charge in [-0.15, -0.1) is 0 Å². The van der Waals surface area contributed by atoms with Crippen LogP contribution in [0.15, 0.2) is 33.9 Å². The molecule has 2 nitrogen and oxygen atoms in total. The molecule has 1 rings (SSSR count). The Bertz CT molecular complexity index is 353. The molecular formula is C14H19IO2. The average molecular weight is 346 g/mol. The molecule has 0 amide bonds. The molecule has 0 spiro atoms. The smallest absolute Gasteiger partial charge is 0.118 e. The van der Waals surface area contributed by atoms with Gasteiger partial charge in [0.05, 0.1) is 20.3 Å². The molecule has 1 aromatic carbocycles. The molecule has 0 saturated heterocycles. The van der Waals surface area contributed by atoms with E-state index in [9.17, 15) is 0 Å². The Morgan fingerprint density at radius 2 is 2.00 bits per heavy atom. The lowest BCUT2D eigenvalue weighted by Gasteiger charge is -2.09. The van der Waals surface area contributed by atoms with Gasteiger partial charge in [0.25, 0.3) is 0 Å². The van der Waals surface area contributed by atoms with Crippen LogP contribution in [-0.2, 0) is 11.3 Å². The van der Waals surface area contributed by atoms with E-state index in [1.807, 2.05) is 24.3 Å². The van der Waals surface area contributed by atoms with Crippen LogP contribution in [0, 0.1) is 5.92 Å². The predicted octanol–water partition coefficient (Wildman–Crippen LogP) is 4.19. The zero-order valence-corrected chi connectivity index (χ0v) is 12.7. The number of hydrogen-bond acceptors (Lipinski definition) is 2. The molecule has 0 unspecified atom stereocenters. The lowest BCUT2D eigenvalue weighted by molar-refractivity contribution is 0.104. The van der Waals surface area contributed by atoms with E-state index in [4.69, 9.17) is 9.47 Å². The standard InChI is InChI=1S/C14H19IO2/c1-11(8-12(2)15)9-17-10-13-4-6-14(16-3)7-5-13/h4-8,11H,9-10H2,1-3H3/b12-8+/t11-/m0/s1. The van der Waals surface area contributed by atoms with Gasteiger partial charge in [-0.25, -0.2) is 0 Å². The van der Waals surface area contributed by atoms with Gasteiger partial charge in [0, 0.05) is 0 Å². The Balaban J connectivity index is 2.33. The van der Waals surface area contributed by atoms with Crippen LogP contribution >= 0.6 is 22.6 Å². The van der Waals surface area contributed by atoms with Crippen LogP contribution in [0.2, 0.25) is 0 Å². The van der Waals surface area contributed by atoms with Crippen LogP contribution in [-0.4, -0.2) is 13.7 Å². The van der Waals surface area contributed by atoms with Gasteiger partial charge in [-0.05, 0) is 56.7 Å². The van der Waals surface area contributed by atoms with E-state index in [0.717, 1.165) is 12.4 Å². The van der Waals surface area contributed by atoms with Crippen molar-refractivity contribution in [1.82, 2.24) is 0 Å². The van der Waals surface area contributed by atoms with Gasteiger partial charge in [-0.1, -0.05) is 25.1 Å². The van der Waals surface area contributed by atoms with Crippen molar-refractivity contribution in [2.75, 3.05) is 13.7 Å². The normalized spacial score (nSPS) is 13.5. The van der Waals surface area contributed by atoms with Gasteiger partial charge in [0.15, 0.2) is 0 Å². The Kier molecular flexibility index (Phi) is 6.58. The summed E-state index contributed by atoms with van der Waals surface area (Å²) in [6.45, 7) is 5.67. The molecule has 0 N–H and O–H groups in total. The minimum absolute atomic E-state index is 0.463. The highest BCUT2D eigenvalue weighted by atomic mass is 127. The molecule has 0 bridgehead atoms. The first-order valence-corrected chi connectivity index (χ1v) is 6.74. The summed E-state index contributed by atoms with van der Waals surface area (Å²) in [4.78, 5) is 0. The van der Waals surface area contributed by atoms with Crippen molar-refractivity contribution >= 4 is 22.6 Å². The van der Waals surface area contributed by atoms with E-state index in [1.165, 1.54) is 9.14 Å². The van der Waals surface area contributed by atoms with Crippen LogP contribution in [0.5, 0.6) is 5.75 Å². The van der Waals surface area contributed by atoms with Gasteiger partial charge in [-0.3, -0.25) is 0 Å². The van der Waals surface area contributed by atoms with Gasteiger partial charge in [-0.2, -0.15) is 0 Å². The van der Waals surface area contributed by atoms with Gasteiger partial charge in [0.1, 0.15) is 5.75 Å². The molecule has 0 radical (unpaired) electrons. The van der Waals surface area contributed by atoms with E-state index < -0.39 is 0 Å². The molecule has 1 aromatic rings. The second-order valence-corrected chi connectivity index (χ2v) is 5.80. The number of methoxy groups -OCH3 is 1. The van der Waals surface area contributed by atoms with Crippen LogP contribution in [0.25, 0.3) is 0 Å². The number of allylic oxidation sites excluding steroid dienone is 1. The molecule has 0 heterocycles. The molecule has 0 aliphatic rings. The third-order valence-electron chi connectivity index (χ3n) is 2.32. The Labute approximate surface area is 117 Å². The number of hydrogen-bond donors (Lipinski definition) is 0. The fourth-order valence-electron chi connectivity index (χ4n) is 1.52. The summed E-state index contributed by atoms with van der Waals surface area (Å²) in [5.41, 5.74) is 1.17. The van der Waals surface area contributed by atoms with E-state index in [-0.39, 0.29) is 0 Å². The monoisotopic (exact) mass is 346 g/mol. The van der Waals surface area contributed by atoms with Crippen molar-refractivity contribution in [1.29, 1.82) is 0 Å². The maximum Gasteiger partial charge on any atom is 0.118 e. The summed E-state index contributed by atoms with van der Waals surface area (Å²) in [6, 6.07) is 7.97. The topological polar surface area (TPSA) is 18.5 Å². The van der Waals surface area contributed by atoms with Gasteiger partial charge in [0.2, 0.25) is 0 Å². The second kappa shape index (κ2) is 7.71. The first-order chi connectivity index (χ1) is 8.11. The second-order valence-electron chi connectivity index (χ2n) is 4.09. The van der Waals surface area contributed by atoms with Crippen LogP contribution in [0.1, 0.15) is 19.4 Å². The lowest BCUT2D eigenvalue weighted by atomic mass is 10.2. The van der Waals surface area contributed by atoms with E-state index in [2.05, 4.69) is 42.5 Å². The zero-order valence-electron chi connectivity index (χ0n) is 10.6. The summed E-state index contributed by atoms with van der Waals surface area (Å²) in [6.07, 6.45) is 2.22. The summed E-state index contributed by atoms with van der Waals surface area (Å²) >= 11 is 2.32. The molecule has 1 atom stereocenters. The molecule has 0 aliphatic heterocycles. The average Bonchev–Trinajstić information content (AvgIpc) is 2.29. The van der Waals surface area contributed by atoms with Crippen LogP contribution < -0.4 is 4.74 Å². The van der Waals surface area contributed by atoms with E-state index in [0.29, 0.717) is 12.5 Å². The maximum atomic E-state index is 5.67.